The van der Waals surface area contributed by atoms with Crippen molar-refractivity contribution in [1.82, 2.24) is 15.5 Å². The number of hydrogen-bond acceptors (Lipinski definition) is 5. The third-order valence-electron chi connectivity index (χ3n) is 8.63. The molecule has 3 N–H and O–H groups in total. The van der Waals surface area contributed by atoms with E-state index in [0.717, 1.165) is 48.6 Å². The van der Waals surface area contributed by atoms with Crippen molar-refractivity contribution >= 4 is 11.8 Å². The average Bonchev–Trinajstić information content (AvgIpc) is 3.03. The normalized spacial score (nSPS) is 17.6. The molecule has 2 amide bonds. The summed E-state index contributed by atoms with van der Waals surface area (Å²) in [6.45, 7) is 7.77. The van der Waals surface area contributed by atoms with Crippen molar-refractivity contribution in [2.24, 2.45) is 5.92 Å². The Hall–Kier alpha value is -3.82. The first-order valence-corrected chi connectivity index (χ1v) is 16.3. The standard InChI is InChI=1S/C37H47F2N3O4/c1-5-13-42(14-6-2)37(45)29-16-24(3)15-28(22-29)36(44)41-33(21-26-18-30(38)23-31(39)19-26)35(43)32-20-25(11-12-40-32)17-27-9-7-8-10-34(27)46-4/h7-10,15-16,18-19,22-23,25,32-33,35,40,43H,5-6,11-14,17,20-21H2,1-4H3,(H,41,44)/t25?,32-,33+,35-/m1/s1. The van der Waals surface area contributed by atoms with Crippen LogP contribution < -0.4 is 15.4 Å². The van der Waals surface area contributed by atoms with E-state index in [2.05, 4.69) is 10.6 Å². The van der Waals surface area contributed by atoms with Gasteiger partial charge in [0.15, 0.2) is 0 Å². The van der Waals surface area contributed by atoms with Gasteiger partial charge in [0.25, 0.3) is 11.8 Å². The molecule has 3 aromatic carbocycles. The van der Waals surface area contributed by atoms with Crippen LogP contribution in [-0.4, -0.2) is 66.8 Å². The maximum atomic E-state index is 14.2. The molecule has 0 spiro atoms. The minimum Gasteiger partial charge on any atom is -0.496 e. The summed E-state index contributed by atoms with van der Waals surface area (Å²) in [5.41, 5.74) is 2.86. The molecule has 0 aromatic heterocycles. The van der Waals surface area contributed by atoms with E-state index in [4.69, 9.17) is 4.74 Å². The van der Waals surface area contributed by atoms with Gasteiger partial charge < -0.3 is 25.4 Å². The van der Waals surface area contributed by atoms with Crippen LogP contribution in [0.4, 0.5) is 8.78 Å². The monoisotopic (exact) mass is 635 g/mol. The number of para-hydroxylation sites is 1. The third kappa shape index (κ3) is 9.36. The first kappa shape index (κ1) is 35.0. The number of methoxy groups -OCH3 is 1. The number of nitrogens with zero attached hydrogens (tertiary/aromatic N) is 1. The quantitative estimate of drug-likeness (QED) is 0.207. The Labute approximate surface area is 271 Å². The number of halogens is 2. The minimum atomic E-state index is -1.06. The SMILES string of the molecule is CCCN(CCC)C(=O)c1cc(C)cc(C(=O)N[C@@H](Cc2cc(F)cc(F)c2)[C@H](O)[C@H]2CC(Cc3ccccc3OC)CCN2)c1. The van der Waals surface area contributed by atoms with Gasteiger partial charge in [0.05, 0.1) is 19.3 Å². The second-order valence-electron chi connectivity index (χ2n) is 12.4. The highest BCUT2D eigenvalue weighted by molar-refractivity contribution is 6.00. The molecule has 0 aliphatic carbocycles. The minimum absolute atomic E-state index is 0.00925. The van der Waals surface area contributed by atoms with Crippen molar-refractivity contribution in [3.8, 4) is 5.75 Å². The first-order valence-electron chi connectivity index (χ1n) is 16.3. The molecule has 9 heteroatoms. The van der Waals surface area contributed by atoms with Crippen LogP contribution in [0.1, 0.15) is 76.9 Å². The van der Waals surface area contributed by atoms with Gasteiger partial charge in [-0.05, 0) is 111 Å². The van der Waals surface area contributed by atoms with Gasteiger partial charge in [0, 0.05) is 36.3 Å². The van der Waals surface area contributed by atoms with E-state index in [1.807, 2.05) is 45.0 Å². The van der Waals surface area contributed by atoms with Crippen molar-refractivity contribution in [2.45, 2.75) is 77.5 Å². The van der Waals surface area contributed by atoms with Crippen LogP contribution >= 0.6 is 0 Å². The Balaban J connectivity index is 1.58. The predicted molar refractivity (Wildman–Crippen MR) is 176 cm³/mol. The van der Waals surface area contributed by atoms with Crippen molar-refractivity contribution in [1.29, 1.82) is 0 Å². The van der Waals surface area contributed by atoms with E-state index in [-0.39, 0.29) is 29.9 Å². The molecule has 248 valence electrons. The molecule has 46 heavy (non-hydrogen) atoms. The second kappa shape index (κ2) is 16.7. The summed E-state index contributed by atoms with van der Waals surface area (Å²) in [5, 5.41) is 18.1. The van der Waals surface area contributed by atoms with Crippen molar-refractivity contribution < 1.29 is 28.2 Å². The van der Waals surface area contributed by atoms with Gasteiger partial charge >= 0.3 is 0 Å². The number of aliphatic hydroxyl groups excluding tert-OH is 1. The van der Waals surface area contributed by atoms with Gasteiger partial charge in [-0.25, -0.2) is 8.78 Å². The average molecular weight is 636 g/mol. The van der Waals surface area contributed by atoms with E-state index in [1.165, 1.54) is 12.1 Å². The number of hydrogen-bond donors (Lipinski definition) is 3. The Morgan fingerprint density at radius 2 is 1.70 bits per heavy atom. The number of amides is 2. The van der Waals surface area contributed by atoms with Gasteiger partial charge in [-0.3, -0.25) is 9.59 Å². The van der Waals surface area contributed by atoms with E-state index in [0.29, 0.717) is 37.2 Å². The molecule has 0 bridgehead atoms. The zero-order valence-corrected chi connectivity index (χ0v) is 27.3. The number of carbonyl (C=O) groups is 2. The molecule has 3 aromatic rings. The highest BCUT2D eigenvalue weighted by atomic mass is 19.1. The molecule has 1 heterocycles. The largest absolute Gasteiger partial charge is 0.496 e. The number of benzene rings is 3. The molecular formula is C37H47F2N3O4. The molecule has 0 radical (unpaired) electrons. The first-order chi connectivity index (χ1) is 22.1. The van der Waals surface area contributed by atoms with Gasteiger partial charge in [0.2, 0.25) is 0 Å². The van der Waals surface area contributed by atoms with Crippen molar-refractivity contribution in [2.75, 3.05) is 26.7 Å². The fraction of sp³-hybridized carbons (Fsp3) is 0.459. The van der Waals surface area contributed by atoms with Gasteiger partial charge in [0.1, 0.15) is 17.4 Å². The Morgan fingerprint density at radius 1 is 1.02 bits per heavy atom. The summed E-state index contributed by atoms with van der Waals surface area (Å²) in [5.74, 6) is -1.00. The maximum Gasteiger partial charge on any atom is 0.253 e. The number of piperidine rings is 1. The summed E-state index contributed by atoms with van der Waals surface area (Å²) >= 11 is 0. The van der Waals surface area contributed by atoms with Crippen LogP contribution in [0.5, 0.6) is 5.75 Å². The lowest BCUT2D eigenvalue weighted by Crippen LogP contribution is -2.56. The number of carbonyl (C=O) groups excluding carboxylic acids is 2. The molecule has 1 saturated heterocycles. The van der Waals surface area contributed by atoms with Gasteiger partial charge in [-0.1, -0.05) is 32.0 Å². The third-order valence-corrected chi connectivity index (χ3v) is 8.63. The number of rotatable bonds is 14. The lowest BCUT2D eigenvalue weighted by Gasteiger charge is -2.37. The zero-order valence-electron chi connectivity index (χ0n) is 27.3. The van der Waals surface area contributed by atoms with Crippen molar-refractivity contribution in [3.05, 3.63) is 100 Å². The van der Waals surface area contributed by atoms with E-state index < -0.39 is 29.7 Å². The van der Waals surface area contributed by atoms with Crippen LogP contribution in [-0.2, 0) is 12.8 Å². The summed E-state index contributed by atoms with van der Waals surface area (Å²) in [6, 6.07) is 14.9. The lowest BCUT2D eigenvalue weighted by atomic mass is 9.83. The van der Waals surface area contributed by atoms with E-state index in [9.17, 15) is 23.5 Å². The van der Waals surface area contributed by atoms with Crippen LogP contribution in [0.25, 0.3) is 0 Å². The molecule has 7 nitrogen and oxygen atoms in total. The van der Waals surface area contributed by atoms with Crippen LogP contribution in [0.15, 0.2) is 60.7 Å². The number of ether oxygens (including phenoxy) is 1. The Bertz CT molecular complexity index is 1460. The molecule has 1 aliphatic rings. The summed E-state index contributed by atoms with van der Waals surface area (Å²) in [6.07, 6.45) is 2.90. The molecule has 1 unspecified atom stereocenters. The highest BCUT2D eigenvalue weighted by Gasteiger charge is 2.34. The Kier molecular flexibility index (Phi) is 12.7. The number of aliphatic hydroxyl groups is 1. The summed E-state index contributed by atoms with van der Waals surface area (Å²) in [4.78, 5) is 28.9. The molecule has 1 aliphatic heterocycles. The fourth-order valence-electron chi connectivity index (χ4n) is 6.51. The van der Waals surface area contributed by atoms with Gasteiger partial charge in [-0.15, -0.1) is 0 Å². The maximum absolute atomic E-state index is 14.2. The molecule has 4 rings (SSSR count). The van der Waals surface area contributed by atoms with Gasteiger partial charge in [-0.2, -0.15) is 0 Å². The van der Waals surface area contributed by atoms with Crippen LogP contribution in [0.2, 0.25) is 0 Å². The smallest absolute Gasteiger partial charge is 0.253 e. The second-order valence-corrected chi connectivity index (χ2v) is 12.4. The molecule has 4 atom stereocenters. The van der Waals surface area contributed by atoms with E-state index in [1.54, 1.807) is 30.2 Å². The number of nitrogens with one attached hydrogen (secondary N) is 2. The molecule has 1 fully saturated rings. The predicted octanol–water partition coefficient (Wildman–Crippen LogP) is 5.86. The number of aryl methyl sites for hydroxylation is 1. The fourth-order valence-corrected chi connectivity index (χ4v) is 6.51. The molecule has 0 saturated carbocycles. The van der Waals surface area contributed by atoms with E-state index >= 15 is 0 Å². The van der Waals surface area contributed by atoms with Crippen LogP contribution in [0.3, 0.4) is 0 Å². The zero-order chi connectivity index (χ0) is 33.2. The summed E-state index contributed by atoms with van der Waals surface area (Å²) < 4.78 is 33.9. The van der Waals surface area contributed by atoms with Crippen LogP contribution in [0, 0.1) is 24.5 Å². The highest BCUT2D eigenvalue weighted by Crippen LogP contribution is 2.28. The summed E-state index contributed by atoms with van der Waals surface area (Å²) in [7, 11) is 1.65. The Morgan fingerprint density at radius 3 is 2.37 bits per heavy atom. The lowest BCUT2D eigenvalue weighted by molar-refractivity contribution is 0.0575. The molecular weight excluding hydrogens is 588 g/mol. The topological polar surface area (TPSA) is 90.9 Å². The van der Waals surface area contributed by atoms with Crippen molar-refractivity contribution in [3.63, 3.8) is 0 Å².